The lowest BCUT2D eigenvalue weighted by atomic mass is 10.1. The number of H-pyrrole nitrogens is 1. The van der Waals surface area contributed by atoms with Crippen molar-refractivity contribution in [1.82, 2.24) is 19.9 Å². The van der Waals surface area contributed by atoms with E-state index in [1.165, 1.54) is 32.4 Å². The van der Waals surface area contributed by atoms with Crippen LogP contribution in [0.3, 0.4) is 0 Å². The van der Waals surface area contributed by atoms with Gasteiger partial charge in [-0.15, -0.1) is 0 Å². The molecule has 1 amide bonds. The number of anilines is 2. The summed E-state index contributed by atoms with van der Waals surface area (Å²) < 4.78 is 0. The summed E-state index contributed by atoms with van der Waals surface area (Å²) in [6.45, 7) is 4.37. The number of pyridine rings is 1. The molecular formula is C20H24N6O. The molecule has 27 heavy (non-hydrogen) atoms. The van der Waals surface area contributed by atoms with Crippen molar-refractivity contribution in [3.63, 3.8) is 0 Å². The van der Waals surface area contributed by atoms with Gasteiger partial charge in [0.15, 0.2) is 0 Å². The van der Waals surface area contributed by atoms with Gasteiger partial charge in [-0.25, -0.2) is 9.97 Å². The standard InChI is InChI=1S/C20H24N6O/c27-14-23-16-5-4-6-17-19(16)25-20(24-17)15-7-8-18(22-13-15)21-9-12-26-10-2-1-3-11-26/h4-8,13-14H,1-3,9-12H2,(H,21,22)(H,23,27)(H,24,25). The molecular weight excluding hydrogens is 340 g/mol. The smallest absolute Gasteiger partial charge is 0.211 e. The van der Waals surface area contributed by atoms with Gasteiger partial charge >= 0.3 is 0 Å². The molecule has 1 aliphatic rings. The number of hydrogen-bond donors (Lipinski definition) is 3. The molecule has 2 aromatic heterocycles. The zero-order valence-electron chi connectivity index (χ0n) is 15.2. The fraction of sp³-hybridized carbons (Fsp3) is 0.350. The summed E-state index contributed by atoms with van der Waals surface area (Å²) in [5.74, 6) is 1.60. The van der Waals surface area contributed by atoms with Crippen LogP contribution in [0.25, 0.3) is 22.4 Å². The Morgan fingerprint density at radius 2 is 2.04 bits per heavy atom. The highest BCUT2D eigenvalue weighted by atomic mass is 16.1. The van der Waals surface area contributed by atoms with Crippen molar-refractivity contribution in [2.75, 3.05) is 36.8 Å². The summed E-state index contributed by atoms with van der Waals surface area (Å²) >= 11 is 0. The van der Waals surface area contributed by atoms with Crippen molar-refractivity contribution in [3.05, 3.63) is 36.5 Å². The highest BCUT2D eigenvalue weighted by Gasteiger charge is 2.10. The summed E-state index contributed by atoms with van der Waals surface area (Å²) in [5.41, 5.74) is 3.21. The number of carbonyl (C=O) groups excluding carboxylic acids is 1. The number of carbonyl (C=O) groups is 1. The lowest BCUT2D eigenvalue weighted by Gasteiger charge is -2.26. The number of hydrogen-bond acceptors (Lipinski definition) is 5. The fourth-order valence-electron chi connectivity index (χ4n) is 3.51. The van der Waals surface area contributed by atoms with Gasteiger partial charge in [-0.2, -0.15) is 0 Å². The molecule has 1 aromatic carbocycles. The minimum absolute atomic E-state index is 0.662. The van der Waals surface area contributed by atoms with Crippen LogP contribution in [0.4, 0.5) is 11.5 Å². The van der Waals surface area contributed by atoms with Crippen molar-refractivity contribution in [2.45, 2.75) is 19.3 Å². The van der Waals surface area contributed by atoms with Crippen molar-refractivity contribution < 1.29 is 4.79 Å². The number of rotatable bonds is 7. The topological polar surface area (TPSA) is 85.9 Å². The quantitative estimate of drug-likeness (QED) is 0.561. The molecule has 0 saturated carbocycles. The predicted molar refractivity (Wildman–Crippen MR) is 108 cm³/mol. The van der Waals surface area contributed by atoms with Crippen LogP contribution in [0.1, 0.15) is 19.3 Å². The molecule has 1 saturated heterocycles. The van der Waals surface area contributed by atoms with E-state index in [1.807, 2.05) is 36.5 Å². The van der Waals surface area contributed by atoms with Gasteiger partial charge in [-0.1, -0.05) is 12.5 Å². The van der Waals surface area contributed by atoms with E-state index < -0.39 is 0 Å². The number of aromatic nitrogens is 3. The fourth-order valence-corrected chi connectivity index (χ4v) is 3.51. The number of fused-ring (bicyclic) bond motifs is 1. The first-order valence-electron chi connectivity index (χ1n) is 9.45. The first-order valence-corrected chi connectivity index (χ1v) is 9.45. The lowest BCUT2D eigenvalue weighted by Crippen LogP contribution is -2.33. The Kier molecular flexibility index (Phi) is 5.29. The van der Waals surface area contributed by atoms with Gasteiger partial charge in [0.05, 0.1) is 11.2 Å². The van der Waals surface area contributed by atoms with E-state index in [0.29, 0.717) is 12.1 Å². The van der Waals surface area contributed by atoms with Gasteiger partial charge < -0.3 is 20.5 Å². The molecule has 7 nitrogen and oxygen atoms in total. The zero-order chi connectivity index (χ0) is 18.5. The first-order chi connectivity index (χ1) is 13.3. The molecule has 7 heteroatoms. The molecule has 0 radical (unpaired) electrons. The molecule has 0 spiro atoms. The van der Waals surface area contributed by atoms with Crippen molar-refractivity contribution in [2.24, 2.45) is 0 Å². The number of nitrogens with zero attached hydrogens (tertiary/aromatic N) is 3. The third kappa shape index (κ3) is 4.09. The molecule has 0 atom stereocenters. The second-order valence-corrected chi connectivity index (χ2v) is 6.81. The monoisotopic (exact) mass is 364 g/mol. The Morgan fingerprint density at radius 3 is 2.81 bits per heavy atom. The number of nitrogens with one attached hydrogen (secondary N) is 3. The maximum Gasteiger partial charge on any atom is 0.211 e. The molecule has 3 aromatic rings. The Balaban J connectivity index is 1.42. The van der Waals surface area contributed by atoms with E-state index >= 15 is 0 Å². The van der Waals surface area contributed by atoms with Crippen molar-refractivity contribution >= 4 is 28.9 Å². The summed E-state index contributed by atoms with van der Waals surface area (Å²) in [5, 5.41) is 6.07. The highest BCUT2D eigenvalue weighted by Crippen LogP contribution is 2.25. The SMILES string of the molecule is O=CNc1cccc2[nH]c(-c3ccc(NCCN4CCCCC4)nc3)nc12. The molecule has 4 rings (SSSR count). The maximum absolute atomic E-state index is 10.8. The van der Waals surface area contributed by atoms with E-state index in [-0.39, 0.29) is 0 Å². The van der Waals surface area contributed by atoms with Crippen LogP contribution in [0.2, 0.25) is 0 Å². The van der Waals surface area contributed by atoms with Gasteiger partial charge in [-0.3, -0.25) is 4.79 Å². The van der Waals surface area contributed by atoms with Crippen molar-refractivity contribution in [3.8, 4) is 11.4 Å². The maximum atomic E-state index is 10.8. The first kappa shape index (κ1) is 17.5. The van der Waals surface area contributed by atoms with E-state index in [9.17, 15) is 4.79 Å². The van der Waals surface area contributed by atoms with Crippen LogP contribution in [0.5, 0.6) is 0 Å². The van der Waals surface area contributed by atoms with Crippen LogP contribution in [0.15, 0.2) is 36.5 Å². The van der Waals surface area contributed by atoms with E-state index in [0.717, 1.165) is 41.3 Å². The number of para-hydroxylation sites is 1. The number of aromatic amines is 1. The number of amides is 1. The molecule has 0 unspecified atom stereocenters. The van der Waals surface area contributed by atoms with Gasteiger partial charge in [0.2, 0.25) is 6.41 Å². The minimum Gasteiger partial charge on any atom is -0.369 e. The van der Waals surface area contributed by atoms with Crippen LogP contribution >= 0.6 is 0 Å². The van der Waals surface area contributed by atoms with Crippen molar-refractivity contribution in [1.29, 1.82) is 0 Å². The number of imidazole rings is 1. The van der Waals surface area contributed by atoms with Crippen LogP contribution in [0, 0.1) is 0 Å². The molecule has 3 heterocycles. The van der Waals surface area contributed by atoms with E-state index in [1.54, 1.807) is 0 Å². The molecule has 3 N–H and O–H groups in total. The van der Waals surface area contributed by atoms with Gasteiger partial charge in [0.1, 0.15) is 17.2 Å². The number of piperidine rings is 1. The number of benzene rings is 1. The second kappa shape index (κ2) is 8.18. The Morgan fingerprint density at radius 1 is 1.15 bits per heavy atom. The van der Waals surface area contributed by atoms with Gasteiger partial charge in [-0.05, 0) is 50.2 Å². The van der Waals surface area contributed by atoms with Crippen LogP contribution in [-0.2, 0) is 4.79 Å². The average Bonchev–Trinajstić information content (AvgIpc) is 3.15. The molecule has 0 aliphatic carbocycles. The Labute approximate surface area is 158 Å². The molecule has 0 bridgehead atoms. The third-order valence-corrected chi connectivity index (χ3v) is 4.95. The molecule has 140 valence electrons. The summed E-state index contributed by atoms with van der Waals surface area (Å²) in [6, 6.07) is 9.62. The second-order valence-electron chi connectivity index (χ2n) is 6.81. The van der Waals surface area contributed by atoms with Gasteiger partial charge in [0.25, 0.3) is 0 Å². The molecule has 1 aliphatic heterocycles. The minimum atomic E-state index is 0.662. The van der Waals surface area contributed by atoms with Gasteiger partial charge in [0, 0.05) is 24.8 Å². The Hall–Kier alpha value is -2.93. The summed E-state index contributed by atoms with van der Waals surface area (Å²) in [6.07, 6.45) is 6.47. The molecule has 1 fully saturated rings. The highest BCUT2D eigenvalue weighted by molar-refractivity contribution is 5.94. The van der Waals surface area contributed by atoms with Crippen LogP contribution in [-0.4, -0.2) is 52.4 Å². The normalized spacial score (nSPS) is 15.0. The lowest BCUT2D eigenvalue weighted by molar-refractivity contribution is -0.105. The van der Waals surface area contributed by atoms with Crippen LogP contribution < -0.4 is 10.6 Å². The third-order valence-electron chi connectivity index (χ3n) is 4.95. The average molecular weight is 364 g/mol. The Bertz CT molecular complexity index is 898. The predicted octanol–water partition coefficient (Wildman–Crippen LogP) is 3.09. The van der Waals surface area contributed by atoms with E-state index in [4.69, 9.17) is 0 Å². The zero-order valence-corrected chi connectivity index (χ0v) is 15.2. The summed E-state index contributed by atoms with van der Waals surface area (Å²) in [4.78, 5) is 25.7. The number of likely N-dealkylation sites (tertiary alicyclic amines) is 1. The largest absolute Gasteiger partial charge is 0.369 e. The van der Waals surface area contributed by atoms with E-state index in [2.05, 4.69) is 30.5 Å². The summed E-state index contributed by atoms with van der Waals surface area (Å²) in [7, 11) is 0.